The summed E-state index contributed by atoms with van der Waals surface area (Å²) in [6, 6.07) is 12.0. The van der Waals surface area contributed by atoms with E-state index in [4.69, 9.17) is 8.85 Å². The van der Waals surface area contributed by atoms with E-state index in [2.05, 4.69) is 44.2 Å². The van der Waals surface area contributed by atoms with Crippen LogP contribution < -0.4 is 0 Å². The minimum Gasteiger partial charge on any atom is -0.397 e. The van der Waals surface area contributed by atoms with E-state index in [-0.39, 0.29) is 0 Å². The number of rotatable bonds is 16. The zero-order valence-corrected chi connectivity index (χ0v) is 17.1. The Hall–Kier alpha value is -0.643. The maximum Gasteiger partial charge on any atom is 0.321 e. The second-order valence-electron chi connectivity index (χ2n) is 6.55. The van der Waals surface area contributed by atoms with Gasteiger partial charge in [-0.25, -0.2) is 0 Å². The highest BCUT2D eigenvalue weighted by Gasteiger charge is 2.10. The molecule has 0 atom stereocenters. The monoisotopic (exact) mass is 350 g/mol. The first-order valence-electron chi connectivity index (χ1n) is 10.1. The fourth-order valence-corrected chi connectivity index (χ4v) is 4.90. The third-order valence-electron chi connectivity index (χ3n) is 4.45. The Morgan fingerprint density at radius 3 is 1.71 bits per heavy atom. The quantitative estimate of drug-likeness (QED) is 0.267. The van der Waals surface area contributed by atoms with Crippen LogP contribution in [-0.2, 0) is 15.3 Å². The van der Waals surface area contributed by atoms with Crippen molar-refractivity contribution in [3.63, 3.8) is 0 Å². The van der Waals surface area contributed by atoms with Crippen molar-refractivity contribution in [1.82, 2.24) is 0 Å². The van der Waals surface area contributed by atoms with Gasteiger partial charge in [-0.15, -0.1) is 0 Å². The average Bonchev–Trinajstić information content (AvgIpc) is 2.61. The Bertz CT molecular complexity index is 363. The fourth-order valence-electron chi connectivity index (χ4n) is 3.11. The van der Waals surface area contributed by atoms with E-state index in [1.54, 1.807) is 0 Å². The molecule has 0 aliphatic carbocycles. The topological polar surface area (TPSA) is 18.5 Å². The maximum atomic E-state index is 5.71. The van der Waals surface area contributed by atoms with Crippen LogP contribution in [0.5, 0.6) is 0 Å². The first kappa shape index (κ1) is 21.4. The Morgan fingerprint density at radius 2 is 1.17 bits per heavy atom. The molecule has 0 unspecified atom stereocenters. The van der Waals surface area contributed by atoms with Crippen molar-refractivity contribution in [2.45, 2.75) is 84.1 Å². The van der Waals surface area contributed by atoms with Gasteiger partial charge in [0.25, 0.3) is 0 Å². The Balaban J connectivity index is 1.83. The lowest BCUT2D eigenvalue weighted by Gasteiger charge is -2.14. The maximum absolute atomic E-state index is 5.71. The molecule has 1 aromatic carbocycles. The van der Waals surface area contributed by atoms with Crippen LogP contribution >= 0.6 is 0 Å². The van der Waals surface area contributed by atoms with E-state index in [1.807, 2.05) is 0 Å². The molecular weight excluding hydrogens is 312 g/mol. The van der Waals surface area contributed by atoms with E-state index in [0.717, 1.165) is 13.2 Å². The van der Waals surface area contributed by atoms with Gasteiger partial charge < -0.3 is 8.85 Å². The van der Waals surface area contributed by atoms with Gasteiger partial charge in [0.15, 0.2) is 0 Å². The van der Waals surface area contributed by atoms with E-state index in [1.165, 1.54) is 75.8 Å². The molecule has 138 valence electrons. The summed E-state index contributed by atoms with van der Waals surface area (Å²) in [4.78, 5) is 0. The molecule has 0 fully saturated rings. The van der Waals surface area contributed by atoms with Crippen LogP contribution in [0.1, 0.15) is 77.2 Å². The second kappa shape index (κ2) is 15.9. The molecule has 1 rings (SSSR count). The van der Waals surface area contributed by atoms with Crippen LogP contribution in [-0.4, -0.2) is 22.5 Å². The summed E-state index contributed by atoms with van der Waals surface area (Å²) < 4.78 is 11.4. The summed E-state index contributed by atoms with van der Waals surface area (Å²) in [5.74, 6) is 0. The van der Waals surface area contributed by atoms with Crippen LogP contribution in [0.15, 0.2) is 30.3 Å². The Morgan fingerprint density at radius 1 is 0.667 bits per heavy atom. The number of benzene rings is 1. The van der Waals surface area contributed by atoms with Gasteiger partial charge >= 0.3 is 9.28 Å². The van der Waals surface area contributed by atoms with Gasteiger partial charge in [-0.1, -0.05) is 81.7 Å². The predicted octanol–water partition coefficient (Wildman–Crippen LogP) is 6.03. The molecule has 3 heteroatoms. The predicted molar refractivity (Wildman–Crippen MR) is 107 cm³/mol. The van der Waals surface area contributed by atoms with Crippen molar-refractivity contribution in [3.8, 4) is 0 Å². The van der Waals surface area contributed by atoms with Gasteiger partial charge in [-0.05, 0) is 38.3 Å². The van der Waals surface area contributed by atoms with Crippen molar-refractivity contribution in [2.75, 3.05) is 13.2 Å². The summed E-state index contributed by atoms with van der Waals surface area (Å²) in [6.07, 6.45) is 13.6. The molecule has 0 aliphatic heterocycles. The minimum absolute atomic E-state index is 0.807. The molecule has 0 saturated carbocycles. The molecule has 0 aromatic heterocycles. The van der Waals surface area contributed by atoms with E-state index >= 15 is 0 Å². The largest absolute Gasteiger partial charge is 0.397 e. The van der Waals surface area contributed by atoms with Crippen LogP contribution in [0.2, 0.25) is 6.04 Å². The molecule has 2 nitrogen and oxygen atoms in total. The highest BCUT2D eigenvalue weighted by molar-refractivity contribution is 6.44. The van der Waals surface area contributed by atoms with Crippen LogP contribution in [0, 0.1) is 0 Å². The molecule has 0 amide bonds. The standard InChI is InChI=1S/C21H38O2Si/c1-3-22-24(23-4-2)20-16-11-9-7-5-6-8-10-13-17-21-18-14-12-15-19-21/h12,14-15,18-19,24H,3-11,13,16-17,20H2,1-2H3. The smallest absolute Gasteiger partial charge is 0.321 e. The Kier molecular flexibility index (Phi) is 14.1. The molecule has 0 heterocycles. The number of unbranched alkanes of at least 4 members (excludes halogenated alkanes) is 8. The molecular formula is C21H38O2Si. The van der Waals surface area contributed by atoms with Gasteiger partial charge in [-0.3, -0.25) is 0 Å². The average molecular weight is 351 g/mol. The molecule has 1 aromatic rings. The first-order chi connectivity index (χ1) is 11.9. The molecule has 24 heavy (non-hydrogen) atoms. The lowest BCUT2D eigenvalue weighted by atomic mass is 10.0. The van der Waals surface area contributed by atoms with Crippen molar-refractivity contribution in [1.29, 1.82) is 0 Å². The van der Waals surface area contributed by atoms with Crippen LogP contribution in [0.4, 0.5) is 0 Å². The van der Waals surface area contributed by atoms with Crippen LogP contribution in [0.3, 0.4) is 0 Å². The second-order valence-corrected chi connectivity index (χ2v) is 8.65. The van der Waals surface area contributed by atoms with E-state index in [9.17, 15) is 0 Å². The highest BCUT2D eigenvalue weighted by atomic mass is 28.3. The van der Waals surface area contributed by atoms with Crippen LogP contribution in [0.25, 0.3) is 0 Å². The molecule has 0 saturated heterocycles. The van der Waals surface area contributed by atoms with Gasteiger partial charge in [0.1, 0.15) is 0 Å². The zero-order valence-electron chi connectivity index (χ0n) is 16.0. The Labute approximate surface area is 151 Å². The molecule has 0 bridgehead atoms. The molecule has 0 N–H and O–H groups in total. The van der Waals surface area contributed by atoms with Gasteiger partial charge in [0, 0.05) is 13.2 Å². The molecule has 0 aliphatic rings. The zero-order chi connectivity index (χ0) is 17.3. The summed E-state index contributed by atoms with van der Waals surface area (Å²) >= 11 is 0. The first-order valence-corrected chi connectivity index (χ1v) is 11.9. The van der Waals surface area contributed by atoms with Gasteiger partial charge in [0.2, 0.25) is 0 Å². The van der Waals surface area contributed by atoms with Crippen molar-refractivity contribution < 1.29 is 8.85 Å². The third-order valence-corrected chi connectivity index (χ3v) is 6.74. The number of aryl methyl sites for hydroxylation is 1. The fraction of sp³-hybridized carbons (Fsp3) is 0.714. The van der Waals surface area contributed by atoms with E-state index < -0.39 is 9.28 Å². The normalized spacial score (nSPS) is 11.3. The van der Waals surface area contributed by atoms with Gasteiger partial charge in [-0.2, -0.15) is 0 Å². The minimum atomic E-state index is -1.34. The summed E-state index contributed by atoms with van der Waals surface area (Å²) in [5, 5.41) is 0. The van der Waals surface area contributed by atoms with Crippen molar-refractivity contribution in [3.05, 3.63) is 35.9 Å². The van der Waals surface area contributed by atoms with E-state index in [0.29, 0.717) is 0 Å². The summed E-state index contributed by atoms with van der Waals surface area (Å²) in [5.41, 5.74) is 1.48. The van der Waals surface area contributed by atoms with Gasteiger partial charge in [0.05, 0.1) is 0 Å². The summed E-state index contributed by atoms with van der Waals surface area (Å²) in [6.45, 7) is 5.75. The highest BCUT2D eigenvalue weighted by Crippen LogP contribution is 2.13. The third kappa shape index (κ3) is 11.8. The SMILES string of the molecule is CCO[SiH](CCCCCCCCCCCc1ccccc1)OCC. The van der Waals surface area contributed by atoms with Crippen molar-refractivity contribution >= 4 is 9.28 Å². The lowest BCUT2D eigenvalue weighted by Crippen LogP contribution is -2.22. The lowest BCUT2D eigenvalue weighted by molar-refractivity contribution is 0.212. The number of hydrogen-bond acceptors (Lipinski definition) is 2. The van der Waals surface area contributed by atoms with Crippen molar-refractivity contribution in [2.24, 2.45) is 0 Å². The molecule has 0 radical (unpaired) electrons. The number of hydrogen-bond donors (Lipinski definition) is 0. The summed E-state index contributed by atoms with van der Waals surface area (Å²) in [7, 11) is -1.34. The molecule has 0 spiro atoms.